The Morgan fingerprint density at radius 1 is 1.23 bits per heavy atom. The van der Waals surface area contributed by atoms with Crippen molar-refractivity contribution in [2.24, 2.45) is 0 Å². The van der Waals surface area contributed by atoms with Crippen molar-refractivity contribution in [2.75, 3.05) is 18.5 Å². The Hall–Kier alpha value is -2.96. The first-order valence-electron chi connectivity index (χ1n) is 13.0. The summed E-state index contributed by atoms with van der Waals surface area (Å²) in [6.45, 7) is 2.65. The molecule has 2 amide bonds. The van der Waals surface area contributed by atoms with Crippen LogP contribution in [0.1, 0.15) is 66.5 Å². The summed E-state index contributed by atoms with van der Waals surface area (Å²) in [5.41, 5.74) is 2.11. The Labute approximate surface area is 243 Å². The van der Waals surface area contributed by atoms with Gasteiger partial charge in [0.15, 0.2) is 0 Å². The van der Waals surface area contributed by atoms with Gasteiger partial charge in [0.25, 0.3) is 11.8 Å². The quantitative estimate of drug-likeness (QED) is 0.333. The molecule has 2 atom stereocenters. The van der Waals surface area contributed by atoms with Crippen molar-refractivity contribution in [1.82, 2.24) is 9.88 Å². The third kappa shape index (κ3) is 5.24. The van der Waals surface area contributed by atoms with Crippen molar-refractivity contribution in [3.8, 4) is 0 Å². The van der Waals surface area contributed by atoms with E-state index in [1.165, 1.54) is 28.0 Å². The average Bonchev–Trinajstić information content (AvgIpc) is 3.40. The zero-order valence-electron chi connectivity index (χ0n) is 21.6. The molecule has 0 aliphatic carbocycles. The average molecular weight is 600 g/mol. The van der Waals surface area contributed by atoms with E-state index >= 15 is 0 Å². The van der Waals surface area contributed by atoms with Gasteiger partial charge in [-0.25, -0.2) is 9.78 Å². The van der Waals surface area contributed by atoms with Gasteiger partial charge >= 0.3 is 5.97 Å². The fourth-order valence-corrected chi connectivity index (χ4v) is 7.52. The highest BCUT2D eigenvalue weighted by Crippen LogP contribution is 2.40. The van der Waals surface area contributed by atoms with Crippen molar-refractivity contribution in [3.05, 3.63) is 68.2 Å². The number of nitrogens with one attached hydrogen (secondary N) is 1. The first kappa shape index (κ1) is 27.2. The highest BCUT2D eigenvalue weighted by atomic mass is 35.5. The van der Waals surface area contributed by atoms with Crippen LogP contribution in [0.5, 0.6) is 0 Å². The minimum Gasteiger partial charge on any atom is -0.478 e. The predicted octanol–water partition coefficient (Wildman–Crippen LogP) is 5.63. The second-order valence-corrected chi connectivity index (χ2v) is 12.5. The van der Waals surface area contributed by atoms with E-state index in [0.29, 0.717) is 38.5 Å². The Morgan fingerprint density at radius 3 is 2.75 bits per heavy atom. The number of nitrogens with zero attached hydrogens (tertiary/aromatic N) is 2. The van der Waals surface area contributed by atoms with E-state index in [-0.39, 0.29) is 36.9 Å². The maximum Gasteiger partial charge on any atom is 0.338 e. The maximum atomic E-state index is 13.6. The number of aryl methyl sites for hydroxylation is 1. The van der Waals surface area contributed by atoms with Crippen molar-refractivity contribution in [1.29, 1.82) is 0 Å². The Bertz CT molecular complexity index is 1500. The van der Waals surface area contributed by atoms with Gasteiger partial charge in [-0.2, -0.15) is 0 Å². The van der Waals surface area contributed by atoms with Gasteiger partial charge in [0.1, 0.15) is 16.3 Å². The van der Waals surface area contributed by atoms with Crippen LogP contribution < -0.4 is 5.32 Å². The zero-order valence-corrected chi connectivity index (χ0v) is 24.0. The number of pyridine rings is 1. The Morgan fingerprint density at radius 2 is 2.02 bits per heavy atom. The molecule has 3 aromatic rings. The largest absolute Gasteiger partial charge is 0.478 e. The number of aromatic carboxylic acids is 1. The van der Waals surface area contributed by atoms with Gasteiger partial charge in [-0.05, 0) is 62.1 Å². The van der Waals surface area contributed by atoms with Crippen LogP contribution in [0.4, 0.5) is 5.00 Å². The van der Waals surface area contributed by atoms with Gasteiger partial charge in [0, 0.05) is 33.5 Å². The van der Waals surface area contributed by atoms with Crippen molar-refractivity contribution in [3.63, 3.8) is 0 Å². The number of carbonyl (C=O) groups is 3. The first-order chi connectivity index (χ1) is 19.3. The number of aromatic nitrogens is 1. The van der Waals surface area contributed by atoms with Gasteiger partial charge in [-0.3, -0.25) is 14.5 Å². The van der Waals surface area contributed by atoms with Crippen molar-refractivity contribution < 1.29 is 29.0 Å². The van der Waals surface area contributed by atoms with Crippen LogP contribution in [-0.4, -0.2) is 58.3 Å². The smallest absolute Gasteiger partial charge is 0.338 e. The molecule has 208 valence electrons. The lowest BCUT2D eigenvalue weighted by Gasteiger charge is -2.27. The van der Waals surface area contributed by atoms with Crippen molar-refractivity contribution in [2.45, 2.75) is 61.5 Å². The summed E-state index contributed by atoms with van der Waals surface area (Å²) >= 11 is 8.67. The third-order valence-corrected chi connectivity index (χ3v) is 9.51. The fourth-order valence-electron chi connectivity index (χ4n) is 5.22. The molecule has 3 aliphatic rings. The normalized spacial score (nSPS) is 20.4. The summed E-state index contributed by atoms with van der Waals surface area (Å²) in [5, 5.41) is 14.9. The van der Waals surface area contributed by atoms with E-state index in [2.05, 4.69) is 10.3 Å². The van der Waals surface area contributed by atoms with Gasteiger partial charge < -0.3 is 19.9 Å². The molecule has 3 aliphatic heterocycles. The molecule has 12 heteroatoms. The zero-order chi connectivity index (χ0) is 28.0. The number of fused-ring (bicyclic) bond motifs is 2. The lowest BCUT2D eigenvalue weighted by molar-refractivity contribution is 0.00926. The van der Waals surface area contributed by atoms with E-state index in [9.17, 15) is 19.5 Å². The van der Waals surface area contributed by atoms with Gasteiger partial charge in [0.2, 0.25) is 0 Å². The van der Waals surface area contributed by atoms with E-state index in [4.69, 9.17) is 21.1 Å². The van der Waals surface area contributed by atoms with Crippen molar-refractivity contribution >= 4 is 57.5 Å². The second kappa shape index (κ2) is 11.1. The molecular formula is C28H26ClN3O6S2. The molecule has 1 saturated heterocycles. The number of carbonyl (C=O) groups excluding carboxylic acids is 2. The molecular weight excluding hydrogens is 574 g/mol. The molecule has 1 fully saturated rings. The number of benzene rings is 1. The minimum absolute atomic E-state index is 0.0132. The number of imide groups is 1. The Kier molecular flexibility index (Phi) is 7.58. The van der Waals surface area contributed by atoms with E-state index < -0.39 is 23.9 Å². The number of halogens is 1. The molecule has 9 nitrogen and oxygen atoms in total. The molecule has 0 radical (unpaired) electrons. The summed E-state index contributed by atoms with van der Waals surface area (Å²) in [6, 6.07) is 8.81. The molecule has 1 aromatic carbocycles. The number of hydrogen-bond donors (Lipinski definition) is 2. The van der Waals surface area contributed by atoms with E-state index in [1.807, 2.05) is 12.1 Å². The highest BCUT2D eigenvalue weighted by Gasteiger charge is 2.41. The third-order valence-electron chi connectivity index (χ3n) is 7.12. The summed E-state index contributed by atoms with van der Waals surface area (Å²) < 4.78 is 11.8. The number of carboxylic acids is 1. The highest BCUT2D eigenvalue weighted by molar-refractivity contribution is 7.99. The van der Waals surface area contributed by atoms with Crippen LogP contribution in [0.25, 0.3) is 0 Å². The lowest BCUT2D eigenvalue weighted by Crippen LogP contribution is -2.40. The number of amides is 2. The summed E-state index contributed by atoms with van der Waals surface area (Å²) in [4.78, 5) is 46.7. The molecule has 0 saturated carbocycles. The number of carboxylic acid groups (broad SMARTS) is 1. The molecule has 0 bridgehead atoms. The molecule has 5 heterocycles. The molecule has 2 N–H and O–H groups in total. The SMILES string of the molecule is Cc1cc2c(c(Sc3ccc(Cl)cc3)n1)C(=O)N(CC1Cc3c(sc(NC4CCCCO4)c3C(=O)O)CO1)C2=O. The number of anilines is 1. The van der Waals surface area contributed by atoms with Gasteiger partial charge in [-0.15, -0.1) is 11.3 Å². The molecule has 6 rings (SSSR count). The van der Waals surface area contributed by atoms with E-state index in [1.54, 1.807) is 25.1 Å². The summed E-state index contributed by atoms with van der Waals surface area (Å²) in [5.74, 6) is -1.86. The predicted molar refractivity (Wildman–Crippen MR) is 151 cm³/mol. The van der Waals surface area contributed by atoms with Gasteiger partial charge in [0.05, 0.1) is 35.9 Å². The first-order valence-corrected chi connectivity index (χ1v) is 15.0. The lowest BCUT2D eigenvalue weighted by atomic mass is 10.0. The molecule has 40 heavy (non-hydrogen) atoms. The van der Waals surface area contributed by atoms with Crippen LogP contribution in [-0.2, 0) is 22.5 Å². The fraction of sp³-hybridized carbons (Fsp3) is 0.357. The summed E-state index contributed by atoms with van der Waals surface area (Å²) in [7, 11) is 0. The van der Waals surface area contributed by atoms with Crippen LogP contribution >= 0.6 is 34.7 Å². The molecule has 2 aromatic heterocycles. The number of ether oxygens (including phenoxy) is 2. The maximum absolute atomic E-state index is 13.6. The number of hydrogen-bond acceptors (Lipinski definition) is 9. The van der Waals surface area contributed by atoms with Crippen LogP contribution in [0.15, 0.2) is 40.3 Å². The van der Waals surface area contributed by atoms with Gasteiger partial charge in [-0.1, -0.05) is 23.4 Å². The number of thiophene rings is 1. The monoisotopic (exact) mass is 599 g/mol. The topological polar surface area (TPSA) is 118 Å². The molecule has 2 unspecified atom stereocenters. The minimum atomic E-state index is -1.03. The summed E-state index contributed by atoms with van der Waals surface area (Å²) in [6.07, 6.45) is 2.34. The number of rotatable bonds is 7. The van der Waals surface area contributed by atoms with E-state index in [0.717, 1.165) is 29.0 Å². The second-order valence-electron chi connectivity index (χ2n) is 9.92. The standard InChI is InChI=1S/C28H26ClN3O6S2/c1-14-10-19-22(24(30-14)39-17-7-5-15(29)6-8-17)27(34)32(26(19)33)12-16-11-18-20(13-38-16)40-25(23(18)28(35)36)31-21-4-2-3-9-37-21/h5-8,10,16,21,31H,2-4,9,11-13H2,1H3,(H,35,36). The van der Waals surface area contributed by atoms with Crippen LogP contribution in [0.3, 0.4) is 0 Å². The molecule has 0 spiro atoms. The van der Waals surface area contributed by atoms with Crippen LogP contribution in [0.2, 0.25) is 5.02 Å². The van der Waals surface area contributed by atoms with Crippen LogP contribution in [0, 0.1) is 6.92 Å². The Balaban J connectivity index is 1.22.